The van der Waals surface area contributed by atoms with Crippen LogP contribution in [0.5, 0.6) is 0 Å². The standard InChI is InChI=1S/C23H25F5N6O2/c1-12(23(26,27)28)18-20(29)30-11-31-34(18)13(2)15-6-7-16(19(24)25)17(10-15)32-8-9-33(14(3)35)22(4,5)21(32)36/h6-7,10-11,19H,2,8-9H2,1,3-5H3,(H2,29,30,31)/b18-12+. The second-order valence-electron chi connectivity index (χ2n) is 8.74. The molecule has 0 radical (unpaired) electrons. The molecule has 2 aliphatic rings. The number of nitrogens with two attached hydrogens (primary N) is 1. The van der Waals surface area contributed by atoms with Crippen LogP contribution in [0.1, 0.15) is 45.2 Å². The molecule has 1 saturated heterocycles. The van der Waals surface area contributed by atoms with E-state index in [0.717, 1.165) is 29.2 Å². The van der Waals surface area contributed by atoms with Crippen molar-refractivity contribution < 1.29 is 31.5 Å². The van der Waals surface area contributed by atoms with E-state index >= 15 is 0 Å². The topological polar surface area (TPSA) is 94.6 Å². The van der Waals surface area contributed by atoms with Gasteiger partial charge in [0, 0.05) is 31.1 Å². The number of carbonyl (C=O) groups is 2. The highest BCUT2D eigenvalue weighted by atomic mass is 19.4. The molecule has 0 aromatic heterocycles. The molecule has 2 N–H and O–H groups in total. The second-order valence-corrected chi connectivity index (χ2v) is 8.74. The number of hydrogen-bond donors (Lipinski definition) is 1. The zero-order chi connectivity index (χ0) is 27.2. The van der Waals surface area contributed by atoms with Gasteiger partial charge in [-0.3, -0.25) is 9.59 Å². The minimum absolute atomic E-state index is 0.0582. The van der Waals surface area contributed by atoms with Crippen molar-refractivity contribution in [1.29, 1.82) is 0 Å². The molecule has 0 aliphatic carbocycles. The van der Waals surface area contributed by atoms with Crippen molar-refractivity contribution in [2.24, 2.45) is 15.8 Å². The number of aliphatic imine (C=N–C) groups is 1. The van der Waals surface area contributed by atoms with Gasteiger partial charge in [-0.05, 0) is 26.8 Å². The normalized spacial score (nSPS) is 19.6. The number of nitrogens with zero attached hydrogens (tertiary/aromatic N) is 5. The molecule has 2 aliphatic heterocycles. The van der Waals surface area contributed by atoms with Gasteiger partial charge in [0.25, 0.3) is 12.3 Å². The van der Waals surface area contributed by atoms with Crippen LogP contribution in [-0.2, 0) is 9.59 Å². The number of allylic oxidation sites excluding steroid dienone is 1. The van der Waals surface area contributed by atoms with Crippen molar-refractivity contribution in [3.63, 3.8) is 0 Å². The quantitative estimate of drug-likeness (QED) is 0.617. The van der Waals surface area contributed by atoms with E-state index < -0.39 is 46.7 Å². The van der Waals surface area contributed by atoms with Gasteiger partial charge in [0.15, 0.2) is 5.84 Å². The summed E-state index contributed by atoms with van der Waals surface area (Å²) in [6.45, 7) is 8.97. The van der Waals surface area contributed by atoms with Crippen molar-refractivity contribution in [2.75, 3.05) is 18.0 Å². The van der Waals surface area contributed by atoms with E-state index in [1.54, 1.807) is 0 Å². The molecule has 1 aromatic rings. The Labute approximate surface area is 204 Å². The first kappa shape index (κ1) is 26.8. The number of rotatable bonds is 4. The summed E-state index contributed by atoms with van der Waals surface area (Å²) in [6, 6.07) is 3.55. The molecule has 0 bridgehead atoms. The number of benzene rings is 1. The molecule has 0 spiro atoms. The summed E-state index contributed by atoms with van der Waals surface area (Å²) >= 11 is 0. The van der Waals surface area contributed by atoms with Gasteiger partial charge < -0.3 is 15.5 Å². The summed E-state index contributed by atoms with van der Waals surface area (Å²) in [5, 5.41) is 4.68. The maximum Gasteiger partial charge on any atom is 0.414 e. The van der Waals surface area contributed by atoms with Gasteiger partial charge in [-0.1, -0.05) is 18.7 Å². The number of amidine groups is 1. The Hall–Kier alpha value is -3.77. The fraction of sp³-hybridized carbons (Fsp3) is 0.391. The number of hydrazone groups is 1. The van der Waals surface area contributed by atoms with Crippen molar-refractivity contribution >= 4 is 35.4 Å². The largest absolute Gasteiger partial charge is 0.414 e. The van der Waals surface area contributed by atoms with Crippen molar-refractivity contribution in [3.05, 3.63) is 47.2 Å². The highest BCUT2D eigenvalue weighted by molar-refractivity contribution is 6.05. The Bertz CT molecular complexity index is 1200. The average Bonchev–Trinajstić information content (AvgIpc) is 2.78. The number of amides is 2. The zero-order valence-electron chi connectivity index (χ0n) is 20.0. The van der Waals surface area contributed by atoms with Crippen LogP contribution in [0, 0.1) is 0 Å². The number of alkyl halides is 5. The molecule has 0 atom stereocenters. The van der Waals surface area contributed by atoms with Gasteiger partial charge in [-0.2, -0.15) is 18.3 Å². The van der Waals surface area contributed by atoms with E-state index in [1.165, 1.54) is 37.8 Å². The second kappa shape index (κ2) is 9.36. The molecule has 3 rings (SSSR count). The van der Waals surface area contributed by atoms with Gasteiger partial charge in [0.05, 0.1) is 17.0 Å². The van der Waals surface area contributed by atoms with E-state index in [-0.39, 0.29) is 35.9 Å². The van der Waals surface area contributed by atoms with Crippen LogP contribution in [-0.4, -0.2) is 58.7 Å². The lowest BCUT2D eigenvalue weighted by Crippen LogP contribution is -2.64. The first-order valence-corrected chi connectivity index (χ1v) is 10.7. The van der Waals surface area contributed by atoms with Gasteiger partial charge in [0.2, 0.25) is 5.91 Å². The third-order valence-electron chi connectivity index (χ3n) is 6.11. The summed E-state index contributed by atoms with van der Waals surface area (Å²) in [7, 11) is 0. The lowest BCUT2D eigenvalue weighted by atomic mass is 9.95. The SMILES string of the molecule is C=C(c1ccc(C(F)F)c(N2CCN(C(C)=O)C(C)(C)C2=O)c1)N1N=CN=C(N)/C1=C(/C)C(F)(F)F. The molecule has 0 saturated carbocycles. The Morgan fingerprint density at radius 3 is 2.39 bits per heavy atom. The van der Waals surface area contributed by atoms with Gasteiger partial charge in [0.1, 0.15) is 17.6 Å². The molecule has 194 valence electrons. The fourth-order valence-electron chi connectivity index (χ4n) is 4.13. The van der Waals surface area contributed by atoms with Crippen LogP contribution in [0.25, 0.3) is 5.70 Å². The van der Waals surface area contributed by atoms with Crippen LogP contribution >= 0.6 is 0 Å². The molecule has 13 heteroatoms. The minimum Gasteiger partial charge on any atom is -0.382 e. The van der Waals surface area contributed by atoms with Gasteiger partial charge >= 0.3 is 6.18 Å². The summed E-state index contributed by atoms with van der Waals surface area (Å²) in [5.41, 5.74) is 2.17. The summed E-state index contributed by atoms with van der Waals surface area (Å²) in [5.74, 6) is -1.39. The molecule has 8 nitrogen and oxygen atoms in total. The number of hydrogen-bond acceptors (Lipinski definition) is 6. The molecule has 36 heavy (non-hydrogen) atoms. The maximum absolute atomic E-state index is 13.9. The van der Waals surface area contributed by atoms with Crippen LogP contribution in [0.2, 0.25) is 0 Å². The van der Waals surface area contributed by atoms with Crippen molar-refractivity contribution in [1.82, 2.24) is 9.91 Å². The molecule has 1 fully saturated rings. The van der Waals surface area contributed by atoms with E-state index in [4.69, 9.17) is 5.73 Å². The Kier molecular flexibility index (Phi) is 6.97. The monoisotopic (exact) mass is 512 g/mol. The predicted molar refractivity (Wildman–Crippen MR) is 125 cm³/mol. The Balaban J connectivity index is 2.09. The molecular weight excluding hydrogens is 487 g/mol. The number of piperazine rings is 1. The van der Waals surface area contributed by atoms with Gasteiger partial charge in [-0.25, -0.2) is 18.8 Å². The van der Waals surface area contributed by atoms with Gasteiger partial charge in [-0.15, -0.1) is 0 Å². The van der Waals surface area contributed by atoms with Crippen LogP contribution in [0.15, 0.2) is 46.1 Å². The highest BCUT2D eigenvalue weighted by Gasteiger charge is 2.44. The summed E-state index contributed by atoms with van der Waals surface area (Å²) in [4.78, 5) is 31.4. The van der Waals surface area contributed by atoms with Crippen molar-refractivity contribution in [3.8, 4) is 0 Å². The van der Waals surface area contributed by atoms with E-state index in [1.807, 2.05) is 0 Å². The Morgan fingerprint density at radius 2 is 1.83 bits per heavy atom. The number of anilines is 1. The zero-order valence-corrected chi connectivity index (χ0v) is 20.0. The number of halogens is 5. The van der Waals surface area contributed by atoms with E-state index in [0.29, 0.717) is 0 Å². The third kappa shape index (κ3) is 4.69. The molecule has 2 heterocycles. The molecule has 0 unspecified atom stereocenters. The average molecular weight is 512 g/mol. The Morgan fingerprint density at radius 1 is 1.19 bits per heavy atom. The van der Waals surface area contributed by atoms with Crippen molar-refractivity contribution in [2.45, 2.75) is 45.8 Å². The third-order valence-corrected chi connectivity index (χ3v) is 6.11. The molecule has 2 amide bonds. The van der Waals surface area contributed by atoms with Crippen LogP contribution in [0.3, 0.4) is 0 Å². The van der Waals surface area contributed by atoms with Crippen LogP contribution in [0.4, 0.5) is 27.6 Å². The first-order chi connectivity index (χ1) is 16.6. The molecule has 1 aromatic carbocycles. The lowest BCUT2D eigenvalue weighted by molar-refractivity contribution is -0.145. The van der Waals surface area contributed by atoms with E-state index in [2.05, 4.69) is 16.7 Å². The van der Waals surface area contributed by atoms with Crippen LogP contribution < -0.4 is 10.6 Å². The number of carbonyl (C=O) groups excluding carboxylic acids is 2. The predicted octanol–water partition coefficient (Wildman–Crippen LogP) is 4.02. The first-order valence-electron chi connectivity index (χ1n) is 10.7. The highest BCUT2D eigenvalue weighted by Crippen LogP contribution is 2.38. The van der Waals surface area contributed by atoms with E-state index in [9.17, 15) is 31.5 Å². The summed E-state index contributed by atoms with van der Waals surface area (Å²) in [6.07, 6.45) is -6.77. The maximum atomic E-state index is 13.9. The smallest absolute Gasteiger partial charge is 0.382 e. The lowest BCUT2D eigenvalue weighted by Gasteiger charge is -2.46. The minimum atomic E-state index is -4.75. The summed E-state index contributed by atoms with van der Waals surface area (Å²) < 4.78 is 68.2. The molecular formula is C23H25F5N6O2. The fourth-order valence-corrected chi connectivity index (χ4v) is 4.13.